The summed E-state index contributed by atoms with van der Waals surface area (Å²) in [6.07, 6.45) is -0.212. The van der Waals surface area contributed by atoms with E-state index in [-0.39, 0.29) is 11.9 Å². The highest BCUT2D eigenvalue weighted by molar-refractivity contribution is 5.44. The molecule has 5 heteroatoms. The fraction of sp³-hybridized carbons (Fsp3) is 0.312. The van der Waals surface area contributed by atoms with Crippen LogP contribution >= 0.6 is 0 Å². The maximum absolute atomic E-state index is 12.7. The van der Waals surface area contributed by atoms with E-state index in [0.717, 1.165) is 37.0 Å². The van der Waals surface area contributed by atoms with Gasteiger partial charge in [-0.3, -0.25) is 0 Å². The summed E-state index contributed by atoms with van der Waals surface area (Å²) in [5.41, 5.74) is 1.74. The predicted molar refractivity (Wildman–Crippen MR) is 75.0 cm³/mol. The average molecular weight is 292 g/mol. The first-order valence-corrected chi connectivity index (χ1v) is 6.91. The Kier molecular flexibility index (Phi) is 3.57. The first kappa shape index (κ1) is 13.9. The van der Waals surface area contributed by atoms with E-state index in [0.29, 0.717) is 0 Å². The number of rotatable bonds is 2. The molecule has 1 aromatic carbocycles. The van der Waals surface area contributed by atoms with Crippen LogP contribution in [0.25, 0.3) is 0 Å². The first-order chi connectivity index (χ1) is 10.0. The van der Waals surface area contributed by atoms with E-state index in [1.165, 1.54) is 11.8 Å². The maximum Gasteiger partial charge on any atom is 0.416 e. The molecular weight excluding hydrogens is 277 g/mol. The molecule has 1 N–H and O–H groups in total. The number of pyridine rings is 1. The van der Waals surface area contributed by atoms with Gasteiger partial charge >= 0.3 is 6.18 Å². The van der Waals surface area contributed by atoms with Crippen LogP contribution in [0, 0.1) is 0 Å². The Labute approximate surface area is 121 Å². The zero-order valence-corrected chi connectivity index (χ0v) is 11.3. The fourth-order valence-electron chi connectivity index (χ4n) is 2.77. The minimum Gasteiger partial charge on any atom is -0.363 e. The van der Waals surface area contributed by atoms with Crippen LogP contribution in [-0.4, -0.2) is 4.98 Å². The van der Waals surface area contributed by atoms with Crippen LogP contribution in [0.15, 0.2) is 42.6 Å². The summed E-state index contributed by atoms with van der Waals surface area (Å²) in [4.78, 5) is 4.01. The minimum atomic E-state index is -4.34. The molecule has 1 aromatic heterocycles. The largest absolute Gasteiger partial charge is 0.416 e. The zero-order chi connectivity index (χ0) is 14.9. The number of aryl methyl sites for hydroxylation is 1. The van der Waals surface area contributed by atoms with E-state index in [1.54, 1.807) is 0 Å². The van der Waals surface area contributed by atoms with Gasteiger partial charge in [0, 0.05) is 6.20 Å². The van der Waals surface area contributed by atoms with Gasteiger partial charge in [-0.25, -0.2) is 4.98 Å². The van der Waals surface area contributed by atoms with Gasteiger partial charge in [0.25, 0.3) is 0 Å². The summed E-state index contributed by atoms with van der Waals surface area (Å²) in [6.45, 7) is 0. The molecule has 0 bridgehead atoms. The molecule has 21 heavy (non-hydrogen) atoms. The zero-order valence-electron chi connectivity index (χ0n) is 11.3. The van der Waals surface area contributed by atoms with Crippen LogP contribution in [0.3, 0.4) is 0 Å². The molecule has 0 aliphatic heterocycles. The standard InChI is InChI=1S/C16H15F3N2/c17-16(18,19)12-8-9-20-15(10-12)21-14-7-3-5-11-4-1-2-6-13(11)14/h1-2,4,6,8-10,14H,3,5,7H2,(H,20,21). The molecule has 1 unspecified atom stereocenters. The molecule has 1 aliphatic rings. The number of anilines is 1. The summed E-state index contributed by atoms with van der Waals surface area (Å²) >= 11 is 0. The van der Waals surface area contributed by atoms with Gasteiger partial charge in [0.15, 0.2) is 0 Å². The van der Waals surface area contributed by atoms with Crippen LogP contribution in [0.2, 0.25) is 0 Å². The van der Waals surface area contributed by atoms with Gasteiger partial charge in [-0.15, -0.1) is 0 Å². The first-order valence-electron chi connectivity index (χ1n) is 6.91. The Morgan fingerprint density at radius 1 is 1.14 bits per heavy atom. The van der Waals surface area contributed by atoms with Crippen molar-refractivity contribution in [3.63, 3.8) is 0 Å². The number of hydrogen-bond acceptors (Lipinski definition) is 2. The van der Waals surface area contributed by atoms with Crippen molar-refractivity contribution in [3.05, 3.63) is 59.3 Å². The third-order valence-corrected chi connectivity index (χ3v) is 3.78. The third kappa shape index (κ3) is 3.01. The Morgan fingerprint density at radius 2 is 1.95 bits per heavy atom. The Balaban J connectivity index is 1.85. The van der Waals surface area contributed by atoms with E-state index in [1.807, 2.05) is 18.2 Å². The maximum atomic E-state index is 12.7. The molecule has 0 spiro atoms. The van der Waals surface area contributed by atoms with Crippen molar-refractivity contribution >= 4 is 5.82 Å². The molecule has 3 rings (SSSR count). The third-order valence-electron chi connectivity index (χ3n) is 3.78. The van der Waals surface area contributed by atoms with Crippen molar-refractivity contribution in [1.29, 1.82) is 0 Å². The second-order valence-corrected chi connectivity index (χ2v) is 5.22. The van der Waals surface area contributed by atoms with Gasteiger partial charge in [0.05, 0.1) is 11.6 Å². The Morgan fingerprint density at radius 3 is 2.76 bits per heavy atom. The molecule has 0 radical (unpaired) electrons. The summed E-state index contributed by atoms with van der Waals surface area (Å²) in [5.74, 6) is 0.270. The van der Waals surface area contributed by atoms with Gasteiger partial charge < -0.3 is 5.32 Å². The monoisotopic (exact) mass is 292 g/mol. The lowest BCUT2D eigenvalue weighted by molar-refractivity contribution is -0.137. The normalized spacial score (nSPS) is 18.1. The molecular formula is C16H15F3N2. The number of nitrogens with one attached hydrogen (secondary N) is 1. The van der Waals surface area contributed by atoms with Crippen molar-refractivity contribution < 1.29 is 13.2 Å². The lowest BCUT2D eigenvalue weighted by atomic mass is 9.88. The molecule has 0 amide bonds. The molecule has 1 heterocycles. The second-order valence-electron chi connectivity index (χ2n) is 5.22. The fourth-order valence-corrected chi connectivity index (χ4v) is 2.77. The summed E-state index contributed by atoms with van der Waals surface area (Å²) in [5, 5.41) is 3.14. The number of hydrogen-bond donors (Lipinski definition) is 1. The summed E-state index contributed by atoms with van der Waals surface area (Å²) in [7, 11) is 0. The van der Waals surface area contributed by atoms with Crippen molar-refractivity contribution in [3.8, 4) is 0 Å². The van der Waals surface area contributed by atoms with Crippen molar-refractivity contribution in [2.45, 2.75) is 31.5 Å². The van der Waals surface area contributed by atoms with Gasteiger partial charge in [-0.05, 0) is 42.5 Å². The van der Waals surface area contributed by atoms with E-state index in [4.69, 9.17) is 0 Å². The van der Waals surface area contributed by atoms with Crippen molar-refractivity contribution in [2.75, 3.05) is 5.32 Å². The molecule has 1 aliphatic carbocycles. The van der Waals surface area contributed by atoms with Crippen LogP contribution in [0.1, 0.15) is 35.6 Å². The average Bonchev–Trinajstić information content (AvgIpc) is 2.47. The van der Waals surface area contributed by atoms with Gasteiger partial charge in [0.1, 0.15) is 5.82 Å². The van der Waals surface area contributed by atoms with Crippen molar-refractivity contribution in [1.82, 2.24) is 4.98 Å². The second kappa shape index (κ2) is 5.39. The van der Waals surface area contributed by atoms with E-state index >= 15 is 0 Å². The number of aromatic nitrogens is 1. The predicted octanol–water partition coefficient (Wildman–Crippen LogP) is 4.59. The van der Waals surface area contributed by atoms with E-state index in [9.17, 15) is 13.2 Å². The number of alkyl halides is 3. The molecule has 0 fully saturated rings. The highest BCUT2D eigenvalue weighted by Gasteiger charge is 2.31. The summed E-state index contributed by atoms with van der Waals surface area (Å²) in [6, 6.07) is 10.1. The summed E-state index contributed by atoms with van der Waals surface area (Å²) < 4.78 is 38.2. The van der Waals surface area contributed by atoms with E-state index in [2.05, 4.69) is 16.4 Å². The Hall–Kier alpha value is -2.04. The number of fused-ring (bicyclic) bond motifs is 1. The number of benzene rings is 1. The molecule has 2 aromatic rings. The van der Waals surface area contributed by atoms with E-state index < -0.39 is 11.7 Å². The minimum absolute atomic E-state index is 0.0194. The van der Waals surface area contributed by atoms with Crippen molar-refractivity contribution in [2.24, 2.45) is 0 Å². The number of halogens is 3. The highest BCUT2D eigenvalue weighted by atomic mass is 19.4. The van der Waals surface area contributed by atoms with Crippen LogP contribution in [-0.2, 0) is 12.6 Å². The van der Waals surface area contributed by atoms with Crippen LogP contribution < -0.4 is 5.32 Å². The number of nitrogens with zero attached hydrogens (tertiary/aromatic N) is 1. The molecule has 0 saturated carbocycles. The smallest absolute Gasteiger partial charge is 0.363 e. The van der Waals surface area contributed by atoms with Gasteiger partial charge in [-0.1, -0.05) is 24.3 Å². The quantitative estimate of drug-likeness (QED) is 0.875. The Bertz CT molecular complexity index is 637. The lowest BCUT2D eigenvalue weighted by Gasteiger charge is -2.27. The topological polar surface area (TPSA) is 24.9 Å². The van der Waals surface area contributed by atoms with Crippen LogP contribution in [0.5, 0.6) is 0 Å². The molecule has 0 saturated heterocycles. The molecule has 2 nitrogen and oxygen atoms in total. The molecule has 1 atom stereocenters. The van der Waals surface area contributed by atoms with Crippen LogP contribution in [0.4, 0.5) is 19.0 Å². The van der Waals surface area contributed by atoms with Gasteiger partial charge in [-0.2, -0.15) is 13.2 Å². The lowest BCUT2D eigenvalue weighted by Crippen LogP contribution is -2.18. The highest BCUT2D eigenvalue weighted by Crippen LogP contribution is 2.34. The SMILES string of the molecule is FC(F)(F)c1ccnc(NC2CCCc3ccccc32)c1. The molecule has 110 valence electrons. The van der Waals surface area contributed by atoms with Gasteiger partial charge in [0.2, 0.25) is 0 Å².